The molecule has 0 bridgehead atoms. The summed E-state index contributed by atoms with van der Waals surface area (Å²) >= 11 is 1.30. The number of carbonyl (C=O) groups excluding carboxylic acids is 2. The van der Waals surface area contributed by atoms with Gasteiger partial charge in [0.05, 0.1) is 10.6 Å². The molecule has 2 heterocycles. The third-order valence-electron chi connectivity index (χ3n) is 4.64. The van der Waals surface area contributed by atoms with E-state index in [0.717, 1.165) is 22.6 Å². The molecule has 1 aromatic heterocycles. The van der Waals surface area contributed by atoms with Gasteiger partial charge in [0.1, 0.15) is 0 Å². The van der Waals surface area contributed by atoms with E-state index in [1.807, 2.05) is 74.5 Å². The van der Waals surface area contributed by atoms with E-state index in [2.05, 4.69) is 15.7 Å². The molecule has 2 N–H and O–H groups in total. The van der Waals surface area contributed by atoms with Gasteiger partial charge in [0.25, 0.3) is 11.8 Å². The molecular formula is C23H20N4O2S. The van der Waals surface area contributed by atoms with Gasteiger partial charge in [-0.05, 0) is 67.6 Å². The molecule has 1 saturated heterocycles. The minimum absolute atomic E-state index is 0.187. The summed E-state index contributed by atoms with van der Waals surface area (Å²) in [6, 6.07) is 20.5. The van der Waals surface area contributed by atoms with Crippen LogP contribution < -0.4 is 10.7 Å². The van der Waals surface area contributed by atoms with Gasteiger partial charge in [-0.1, -0.05) is 36.4 Å². The highest BCUT2D eigenvalue weighted by molar-refractivity contribution is 8.18. The fraction of sp³-hybridized carbons (Fsp3) is 0.0870. The smallest absolute Gasteiger partial charge is 0.270 e. The highest BCUT2D eigenvalue weighted by Crippen LogP contribution is 2.29. The number of aromatic nitrogens is 1. The molecule has 0 saturated carbocycles. The maximum absolute atomic E-state index is 12.5. The van der Waals surface area contributed by atoms with Crippen LogP contribution in [0.5, 0.6) is 0 Å². The first-order valence-electron chi connectivity index (χ1n) is 9.41. The number of nitrogens with one attached hydrogen (secondary N) is 2. The number of carbonyl (C=O) groups is 2. The molecule has 1 fully saturated rings. The predicted molar refractivity (Wildman–Crippen MR) is 121 cm³/mol. The molecule has 0 aliphatic carbocycles. The molecule has 150 valence electrons. The van der Waals surface area contributed by atoms with Gasteiger partial charge in [0.2, 0.25) is 0 Å². The van der Waals surface area contributed by atoms with Crippen molar-refractivity contribution in [3.05, 3.63) is 94.1 Å². The number of nitrogens with zero attached hydrogens (tertiary/aromatic N) is 2. The fourth-order valence-corrected chi connectivity index (χ4v) is 3.94. The monoisotopic (exact) mass is 416 g/mol. The van der Waals surface area contributed by atoms with Crippen molar-refractivity contribution in [1.29, 1.82) is 0 Å². The number of aryl methyl sites for hydroxylation is 1. The third-order valence-corrected chi connectivity index (χ3v) is 5.55. The first kappa shape index (κ1) is 19.7. The van der Waals surface area contributed by atoms with E-state index >= 15 is 0 Å². The Bertz CT molecular complexity index is 1160. The lowest BCUT2D eigenvalue weighted by Crippen LogP contribution is -2.24. The van der Waals surface area contributed by atoms with Crippen LogP contribution in [0, 0.1) is 13.8 Å². The largest absolute Gasteiger partial charge is 0.300 e. The zero-order valence-corrected chi connectivity index (χ0v) is 17.4. The van der Waals surface area contributed by atoms with Gasteiger partial charge in [-0.15, -0.1) is 0 Å². The van der Waals surface area contributed by atoms with Gasteiger partial charge in [0, 0.05) is 17.0 Å². The Kier molecular flexibility index (Phi) is 5.54. The Morgan fingerprint density at radius 3 is 2.43 bits per heavy atom. The van der Waals surface area contributed by atoms with Crippen molar-refractivity contribution in [3.8, 4) is 0 Å². The molecule has 3 aromatic rings. The molecule has 4 rings (SSSR count). The molecule has 2 amide bonds. The Balaban J connectivity index is 1.56. The number of rotatable bonds is 4. The number of thioether (sulfide) groups is 1. The molecular weight excluding hydrogens is 396 g/mol. The molecule has 30 heavy (non-hydrogen) atoms. The number of hydrogen-bond acceptors (Lipinski definition) is 4. The van der Waals surface area contributed by atoms with E-state index < -0.39 is 0 Å². The van der Waals surface area contributed by atoms with Crippen LogP contribution in [0.4, 0.5) is 5.69 Å². The van der Waals surface area contributed by atoms with Gasteiger partial charge in [-0.3, -0.25) is 19.7 Å². The topological polar surface area (TPSA) is 75.5 Å². The second-order valence-electron chi connectivity index (χ2n) is 6.79. The summed E-state index contributed by atoms with van der Waals surface area (Å²) in [4.78, 5) is 29.9. The lowest BCUT2D eigenvalue weighted by molar-refractivity contribution is -0.115. The minimum atomic E-state index is -0.193. The summed E-state index contributed by atoms with van der Waals surface area (Å²) in [5.74, 6) is -0.380. The number of hydrogen-bond donors (Lipinski definition) is 2. The standard InChI is InChI=1S/C23H20N4O2S/c1-15-13-18(16(2)27(15)26-21(28)17-9-5-3-6-10-17)14-20-22(29)25-23(30-20)24-19-11-7-4-8-12-19/h3-14H,1-2H3,(H,26,28)(H,24,25,29)/b20-14-. The lowest BCUT2D eigenvalue weighted by atomic mass is 10.2. The molecule has 1 aliphatic heterocycles. The van der Waals surface area contributed by atoms with Crippen molar-refractivity contribution >= 4 is 40.5 Å². The second-order valence-corrected chi connectivity index (χ2v) is 7.82. The Labute approximate surface area is 178 Å². The van der Waals surface area contributed by atoms with Crippen LogP contribution in [0.2, 0.25) is 0 Å². The molecule has 6 nitrogen and oxygen atoms in total. The average Bonchev–Trinajstić information content (AvgIpc) is 3.22. The van der Waals surface area contributed by atoms with Crippen LogP contribution in [-0.2, 0) is 4.79 Å². The lowest BCUT2D eigenvalue weighted by Gasteiger charge is -2.11. The van der Waals surface area contributed by atoms with E-state index in [0.29, 0.717) is 15.6 Å². The zero-order chi connectivity index (χ0) is 21.1. The predicted octanol–water partition coefficient (Wildman–Crippen LogP) is 4.38. The average molecular weight is 417 g/mol. The first-order valence-corrected chi connectivity index (χ1v) is 10.2. The highest BCUT2D eigenvalue weighted by Gasteiger charge is 2.24. The van der Waals surface area contributed by atoms with Crippen molar-refractivity contribution in [2.45, 2.75) is 13.8 Å². The van der Waals surface area contributed by atoms with Crippen molar-refractivity contribution < 1.29 is 9.59 Å². The SMILES string of the molecule is Cc1cc(/C=C2\SC(=Nc3ccccc3)NC2=O)c(C)n1NC(=O)c1ccccc1. The third kappa shape index (κ3) is 4.21. The van der Waals surface area contributed by atoms with E-state index in [-0.39, 0.29) is 11.8 Å². The summed E-state index contributed by atoms with van der Waals surface area (Å²) in [5, 5.41) is 3.34. The van der Waals surface area contributed by atoms with Crippen LogP contribution in [0.25, 0.3) is 6.08 Å². The summed E-state index contributed by atoms with van der Waals surface area (Å²) in [6.07, 6.45) is 1.82. The second kappa shape index (κ2) is 8.42. The van der Waals surface area contributed by atoms with Gasteiger partial charge in [-0.25, -0.2) is 4.99 Å². The quantitative estimate of drug-likeness (QED) is 0.620. The van der Waals surface area contributed by atoms with Crippen molar-refractivity contribution in [2.24, 2.45) is 4.99 Å². The van der Waals surface area contributed by atoms with Gasteiger partial charge < -0.3 is 5.32 Å². The van der Waals surface area contributed by atoms with Crippen LogP contribution >= 0.6 is 11.8 Å². The summed E-state index contributed by atoms with van der Waals surface area (Å²) in [6.45, 7) is 3.81. The zero-order valence-electron chi connectivity index (χ0n) is 16.5. The van der Waals surface area contributed by atoms with Crippen molar-refractivity contribution in [3.63, 3.8) is 0 Å². The summed E-state index contributed by atoms with van der Waals surface area (Å²) in [5.41, 5.74) is 6.84. The van der Waals surface area contributed by atoms with Gasteiger partial charge in [0.15, 0.2) is 5.17 Å². The Morgan fingerprint density at radius 1 is 1.07 bits per heavy atom. The molecule has 2 aromatic carbocycles. The van der Waals surface area contributed by atoms with Crippen molar-refractivity contribution in [2.75, 3.05) is 5.43 Å². The van der Waals surface area contributed by atoms with E-state index in [9.17, 15) is 9.59 Å². The van der Waals surface area contributed by atoms with Crippen LogP contribution in [0.3, 0.4) is 0 Å². The maximum atomic E-state index is 12.5. The molecule has 7 heteroatoms. The number of amidine groups is 1. The molecule has 0 spiro atoms. The fourth-order valence-electron chi connectivity index (χ4n) is 3.10. The van der Waals surface area contributed by atoms with Crippen LogP contribution in [0.15, 0.2) is 76.6 Å². The molecule has 0 radical (unpaired) electrons. The van der Waals surface area contributed by atoms with Gasteiger partial charge >= 0.3 is 0 Å². The van der Waals surface area contributed by atoms with Gasteiger partial charge in [-0.2, -0.15) is 0 Å². The maximum Gasteiger partial charge on any atom is 0.270 e. The summed E-state index contributed by atoms with van der Waals surface area (Å²) < 4.78 is 1.73. The molecule has 0 unspecified atom stereocenters. The number of benzene rings is 2. The molecule has 1 aliphatic rings. The Hall–Kier alpha value is -3.58. The molecule has 0 atom stereocenters. The first-order chi connectivity index (χ1) is 14.5. The van der Waals surface area contributed by atoms with Crippen LogP contribution in [0.1, 0.15) is 27.3 Å². The number of para-hydroxylation sites is 1. The van der Waals surface area contributed by atoms with Crippen LogP contribution in [-0.4, -0.2) is 21.7 Å². The number of amides is 2. The van der Waals surface area contributed by atoms with E-state index in [4.69, 9.17) is 0 Å². The van der Waals surface area contributed by atoms with Crippen molar-refractivity contribution in [1.82, 2.24) is 9.99 Å². The van der Waals surface area contributed by atoms with E-state index in [1.54, 1.807) is 16.8 Å². The highest BCUT2D eigenvalue weighted by atomic mass is 32.2. The normalized spacial score (nSPS) is 16.1. The number of aliphatic imine (C=N–C) groups is 1. The van der Waals surface area contributed by atoms with E-state index in [1.165, 1.54) is 11.8 Å². The summed E-state index contributed by atoms with van der Waals surface area (Å²) in [7, 11) is 0. The Morgan fingerprint density at radius 2 is 1.73 bits per heavy atom. The minimum Gasteiger partial charge on any atom is -0.300 e.